The fourth-order valence-electron chi connectivity index (χ4n) is 3.58. The van der Waals surface area contributed by atoms with E-state index in [1.165, 1.54) is 0 Å². The first kappa shape index (κ1) is 25.8. The summed E-state index contributed by atoms with van der Waals surface area (Å²) in [4.78, 5) is 20.8. The van der Waals surface area contributed by atoms with Crippen LogP contribution in [-0.2, 0) is 18.3 Å². The first-order valence-electron chi connectivity index (χ1n) is 10.7. The van der Waals surface area contributed by atoms with E-state index >= 15 is 0 Å². The molecule has 0 saturated carbocycles. The molecule has 1 aliphatic rings. The second kappa shape index (κ2) is 12.5. The Labute approximate surface area is 206 Å². The van der Waals surface area contributed by atoms with Crippen LogP contribution in [0.15, 0.2) is 35.6 Å². The fourth-order valence-corrected chi connectivity index (χ4v) is 3.58. The van der Waals surface area contributed by atoms with Gasteiger partial charge in [0, 0.05) is 39.9 Å². The zero-order valence-corrected chi connectivity index (χ0v) is 21.5. The highest BCUT2D eigenvalue weighted by atomic mass is 127. The van der Waals surface area contributed by atoms with Crippen LogP contribution < -0.4 is 19.7 Å². The molecule has 1 saturated heterocycles. The summed E-state index contributed by atoms with van der Waals surface area (Å²) in [7, 11) is 3.59. The highest BCUT2D eigenvalue weighted by Gasteiger charge is 2.27. The lowest BCUT2D eigenvalue weighted by Gasteiger charge is -2.35. The van der Waals surface area contributed by atoms with Crippen molar-refractivity contribution in [3.8, 4) is 11.5 Å². The number of rotatable bonds is 8. The summed E-state index contributed by atoms with van der Waals surface area (Å²) in [5.41, 5.74) is 1.98. The van der Waals surface area contributed by atoms with Crippen molar-refractivity contribution in [2.75, 3.05) is 51.3 Å². The molecule has 1 aromatic carbocycles. The molecule has 9 nitrogen and oxygen atoms in total. The van der Waals surface area contributed by atoms with Gasteiger partial charge in [0.2, 0.25) is 5.91 Å². The normalized spacial score (nSPS) is 14.2. The number of ether oxygens (including phenoxy) is 2. The van der Waals surface area contributed by atoms with Crippen molar-refractivity contribution in [2.24, 2.45) is 12.0 Å². The van der Waals surface area contributed by atoms with E-state index in [1.807, 2.05) is 50.2 Å². The molecule has 0 bridgehead atoms. The molecule has 0 atom stereocenters. The maximum Gasteiger partial charge on any atom is 0.246 e. The Morgan fingerprint density at radius 2 is 1.94 bits per heavy atom. The molecule has 1 N–H and O–H groups in total. The van der Waals surface area contributed by atoms with Crippen molar-refractivity contribution in [1.29, 1.82) is 0 Å². The third-order valence-corrected chi connectivity index (χ3v) is 5.04. The number of carbonyl (C=O) groups excluding carboxylic acids is 1. The van der Waals surface area contributed by atoms with Gasteiger partial charge in [0.15, 0.2) is 17.5 Å². The van der Waals surface area contributed by atoms with E-state index in [0.717, 1.165) is 35.1 Å². The Kier molecular flexibility index (Phi) is 10.1. The number of aryl methyl sites for hydroxylation is 1. The smallest absolute Gasteiger partial charge is 0.246 e. The van der Waals surface area contributed by atoms with Gasteiger partial charge in [0.1, 0.15) is 6.54 Å². The number of aromatic nitrogens is 2. The van der Waals surface area contributed by atoms with Crippen LogP contribution in [0.5, 0.6) is 11.5 Å². The minimum absolute atomic E-state index is 0. The van der Waals surface area contributed by atoms with E-state index in [4.69, 9.17) is 9.47 Å². The second-order valence-corrected chi connectivity index (χ2v) is 7.21. The molecule has 176 valence electrons. The standard InChI is InChI=1S/C22H32N6O3.HI/c1-5-30-19-8-7-17(13-20(19)31-6-2)9-10-24-22(23-3)27-11-12-28(21(29)16-27)18-14-25-26(4)15-18;/h7-8,13-15H,5-6,9-12,16H2,1-4H3,(H,23,24);1H. The van der Waals surface area contributed by atoms with Gasteiger partial charge in [-0.1, -0.05) is 6.07 Å². The van der Waals surface area contributed by atoms with E-state index in [1.54, 1.807) is 22.8 Å². The number of nitrogens with zero attached hydrogens (tertiary/aromatic N) is 5. The molecule has 2 heterocycles. The van der Waals surface area contributed by atoms with E-state index in [9.17, 15) is 4.79 Å². The fraction of sp³-hybridized carbons (Fsp3) is 0.500. The maximum absolute atomic E-state index is 12.7. The van der Waals surface area contributed by atoms with Crippen molar-refractivity contribution >= 4 is 41.5 Å². The summed E-state index contributed by atoms with van der Waals surface area (Å²) < 4.78 is 13.0. The molecule has 0 radical (unpaired) electrons. The van der Waals surface area contributed by atoms with Gasteiger partial charge >= 0.3 is 0 Å². The van der Waals surface area contributed by atoms with Crippen molar-refractivity contribution in [3.05, 3.63) is 36.2 Å². The minimum Gasteiger partial charge on any atom is -0.490 e. The number of carbonyl (C=O) groups is 1. The Bertz CT molecular complexity index is 917. The lowest BCUT2D eigenvalue weighted by molar-refractivity contribution is -0.120. The molecule has 1 fully saturated rings. The monoisotopic (exact) mass is 556 g/mol. The number of benzene rings is 1. The molecule has 32 heavy (non-hydrogen) atoms. The average Bonchev–Trinajstić information content (AvgIpc) is 3.19. The van der Waals surface area contributed by atoms with Crippen molar-refractivity contribution in [1.82, 2.24) is 20.0 Å². The Balaban J connectivity index is 0.00000363. The maximum atomic E-state index is 12.7. The van der Waals surface area contributed by atoms with E-state index in [0.29, 0.717) is 32.8 Å². The largest absolute Gasteiger partial charge is 0.490 e. The van der Waals surface area contributed by atoms with E-state index < -0.39 is 0 Å². The zero-order valence-electron chi connectivity index (χ0n) is 19.2. The molecule has 2 aromatic rings. The highest BCUT2D eigenvalue weighted by Crippen LogP contribution is 2.28. The first-order valence-corrected chi connectivity index (χ1v) is 10.7. The van der Waals surface area contributed by atoms with Gasteiger partial charge in [-0.2, -0.15) is 5.10 Å². The molecule has 1 aliphatic heterocycles. The summed E-state index contributed by atoms with van der Waals surface area (Å²) in [5.74, 6) is 2.30. The van der Waals surface area contributed by atoms with Crippen LogP contribution in [0.3, 0.4) is 0 Å². The van der Waals surface area contributed by atoms with Gasteiger partial charge in [0.05, 0.1) is 25.1 Å². The molecule has 1 aromatic heterocycles. The zero-order chi connectivity index (χ0) is 22.2. The average molecular weight is 556 g/mol. The molecule has 1 amide bonds. The van der Waals surface area contributed by atoms with Crippen molar-refractivity contribution < 1.29 is 14.3 Å². The van der Waals surface area contributed by atoms with Crippen LogP contribution in [0.25, 0.3) is 0 Å². The quantitative estimate of drug-likeness (QED) is 0.305. The molecule has 3 rings (SSSR count). The predicted octanol–water partition coefficient (Wildman–Crippen LogP) is 2.30. The Hall–Kier alpha value is -2.50. The van der Waals surface area contributed by atoms with E-state index in [-0.39, 0.29) is 36.4 Å². The number of nitrogens with one attached hydrogen (secondary N) is 1. The number of hydrogen-bond acceptors (Lipinski definition) is 5. The van der Waals surface area contributed by atoms with Crippen LogP contribution in [-0.4, -0.2) is 73.0 Å². The van der Waals surface area contributed by atoms with Crippen LogP contribution in [0, 0.1) is 0 Å². The van der Waals surface area contributed by atoms with Crippen LogP contribution in [0.1, 0.15) is 19.4 Å². The molecule has 0 spiro atoms. The van der Waals surface area contributed by atoms with Gasteiger partial charge in [-0.25, -0.2) is 0 Å². The lowest BCUT2D eigenvalue weighted by Crippen LogP contribution is -2.55. The van der Waals surface area contributed by atoms with Crippen LogP contribution >= 0.6 is 24.0 Å². The van der Waals surface area contributed by atoms with Gasteiger partial charge in [0.25, 0.3) is 0 Å². The Morgan fingerprint density at radius 1 is 1.19 bits per heavy atom. The van der Waals surface area contributed by atoms with Crippen molar-refractivity contribution in [3.63, 3.8) is 0 Å². The van der Waals surface area contributed by atoms with Gasteiger partial charge in [-0.05, 0) is 38.0 Å². The molecule has 0 unspecified atom stereocenters. The molecule has 0 aliphatic carbocycles. The van der Waals surface area contributed by atoms with Gasteiger partial charge < -0.3 is 24.6 Å². The number of halogens is 1. The molecular weight excluding hydrogens is 523 g/mol. The summed E-state index contributed by atoms with van der Waals surface area (Å²) in [6.07, 6.45) is 4.37. The van der Waals surface area contributed by atoms with Crippen molar-refractivity contribution in [2.45, 2.75) is 20.3 Å². The summed E-state index contributed by atoms with van der Waals surface area (Å²) in [6.45, 7) is 7.40. The SMILES string of the molecule is CCOc1ccc(CCNC(=NC)N2CCN(c3cnn(C)c3)C(=O)C2)cc1OCC.I. The number of piperazine rings is 1. The van der Waals surface area contributed by atoms with Crippen LogP contribution in [0.4, 0.5) is 5.69 Å². The second-order valence-electron chi connectivity index (χ2n) is 7.21. The minimum atomic E-state index is 0. The number of aliphatic imine (C=N–C) groups is 1. The Morgan fingerprint density at radius 3 is 2.56 bits per heavy atom. The number of amides is 1. The number of hydrogen-bond donors (Lipinski definition) is 1. The van der Waals surface area contributed by atoms with E-state index in [2.05, 4.69) is 15.4 Å². The third kappa shape index (κ3) is 6.50. The van der Waals surface area contributed by atoms with Crippen LogP contribution in [0.2, 0.25) is 0 Å². The first-order chi connectivity index (χ1) is 15.0. The molecule has 10 heteroatoms. The topological polar surface area (TPSA) is 84.2 Å². The summed E-state index contributed by atoms with van der Waals surface area (Å²) in [6, 6.07) is 6.03. The summed E-state index contributed by atoms with van der Waals surface area (Å²) in [5, 5.41) is 7.53. The third-order valence-electron chi connectivity index (χ3n) is 5.04. The van der Waals surface area contributed by atoms with Gasteiger partial charge in [-0.3, -0.25) is 14.5 Å². The number of guanidine groups is 1. The highest BCUT2D eigenvalue weighted by molar-refractivity contribution is 14.0. The predicted molar refractivity (Wildman–Crippen MR) is 136 cm³/mol. The number of anilines is 1. The lowest BCUT2D eigenvalue weighted by atomic mass is 10.1. The van der Waals surface area contributed by atoms with Gasteiger partial charge in [-0.15, -0.1) is 24.0 Å². The molecular formula is C22H33IN6O3. The summed E-state index contributed by atoms with van der Waals surface area (Å²) >= 11 is 0.